The molecule has 0 saturated carbocycles. The molecule has 0 unspecified atom stereocenters. The van der Waals surface area contributed by atoms with E-state index in [4.69, 9.17) is 11.6 Å². The molecule has 3 rings (SSSR count). The van der Waals surface area contributed by atoms with E-state index in [0.29, 0.717) is 16.3 Å². The predicted octanol–water partition coefficient (Wildman–Crippen LogP) is 2.52. The summed E-state index contributed by atoms with van der Waals surface area (Å²) >= 11 is 6.95. The third-order valence-electron chi connectivity index (χ3n) is 3.09. The van der Waals surface area contributed by atoms with E-state index in [1.807, 2.05) is 0 Å². The second-order valence-corrected chi connectivity index (χ2v) is 6.29. The van der Waals surface area contributed by atoms with Gasteiger partial charge in [-0.25, -0.2) is 9.38 Å². The standard InChI is InChI=1S/C10H10ClN3O2S.C4H3F3N2/c1-5-8(9(16)12-2)14-7(15)3-6(4-11)13-10(14)17-5;5-4(6,7)9-3-1-2-8-9/h3H,4H2,1-2H3,(H,12,16);1-3H. The topological polar surface area (TPSA) is 81.3 Å². The van der Waals surface area contributed by atoms with Crippen molar-refractivity contribution in [1.82, 2.24) is 24.5 Å². The number of nitrogens with one attached hydrogen (secondary N) is 1. The maximum Gasteiger partial charge on any atom is 0.504 e. The maximum absolute atomic E-state index is 11.9. The molecule has 0 radical (unpaired) electrons. The van der Waals surface area contributed by atoms with Crippen molar-refractivity contribution in [2.45, 2.75) is 19.1 Å². The molecule has 12 heteroatoms. The smallest absolute Gasteiger partial charge is 0.354 e. The fourth-order valence-corrected chi connectivity index (χ4v) is 3.12. The lowest BCUT2D eigenvalue weighted by Gasteiger charge is -2.03. The minimum Gasteiger partial charge on any atom is -0.354 e. The van der Waals surface area contributed by atoms with Crippen molar-refractivity contribution in [3.8, 4) is 0 Å². The normalized spacial score (nSPS) is 11.2. The summed E-state index contributed by atoms with van der Waals surface area (Å²) in [5, 5.41) is 5.49. The molecule has 0 spiro atoms. The molecule has 26 heavy (non-hydrogen) atoms. The predicted molar refractivity (Wildman–Crippen MR) is 90.5 cm³/mol. The van der Waals surface area contributed by atoms with Gasteiger partial charge in [0.05, 0.1) is 11.6 Å². The third-order valence-corrected chi connectivity index (χ3v) is 4.32. The summed E-state index contributed by atoms with van der Waals surface area (Å²) in [5.41, 5.74) is 0.570. The van der Waals surface area contributed by atoms with Crippen molar-refractivity contribution in [1.29, 1.82) is 0 Å². The zero-order valence-corrected chi connectivity index (χ0v) is 15.1. The molecule has 3 aromatic heterocycles. The van der Waals surface area contributed by atoms with Crippen molar-refractivity contribution < 1.29 is 18.0 Å². The van der Waals surface area contributed by atoms with Crippen molar-refractivity contribution in [2.24, 2.45) is 0 Å². The highest BCUT2D eigenvalue weighted by molar-refractivity contribution is 7.17. The van der Waals surface area contributed by atoms with Gasteiger partial charge in [-0.2, -0.15) is 9.78 Å². The molecule has 0 fully saturated rings. The second-order valence-electron chi connectivity index (χ2n) is 4.84. The van der Waals surface area contributed by atoms with Crippen LogP contribution >= 0.6 is 22.9 Å². The summed E-state index contributed by atoms with van der Waals surface area (Å²) in [5.74, 6) is -0.117. The number of aromatic nitrogens is 4. The quantitative estimate of drug-likeness (QED) is 0.662. The molecule has 3 aromatic rings. The minimum atomic E-state index is -4.37. The molecular weight excluding hydrogens is 395 g/mol. The zero-order chi connectivity index (χ0) is 19.5. The number of aryl methyl sites for hydroxylation is 1. The number of alkyl halides is 4. The van der Waals surface area contributed by atoms with E-state index in [2.05, 4.69) is 15.4 Å². The van der Waals surface area contributed by atoms with Gasteiger partial charge in [-0.3, -0.25) is 9.59 Å². The van der Waals surface area contributed by atoms with Crippen LogP contribution in [-0.4, -0.2) is 32.1 Å². The molecule has 0 aliphatic heterocycles. The summed E-state index contributed by atoms with van der Waals surface area (Å²) in [6.45, 7) is 1.78. The average Bonchev–Trinajstić information content (AvgIpc) is 3.21. The third kappa shape index (κ3) is 4.22. The Morgan fingerprint density at radius 1 is 1.42 bits per heavy atom. The van der Waals surface area contributed by atoms with E-state index < -0.39 is 6.30 Å². The summed E-state index contributed by atoms with van der Waals surface area (Å²) in [6.07, 6.45) is -2.45. The number of carbonyl (C=O) groups excluding carboxylic acids is 1. The van der Waals surface area contributed by atoms with Gasteiger partial charge in [-0.15, -0.1) is 36.1 Å². The average molecular weight is 408 g/mol. The molecule has 7 nitrogen and oxygen atoms in total. The maximum atomic E-state index is 11.9. The number of nitrogens with zero attached hydrogens (tertiary/aromatic N) is 4. The number of halogens is 4. The highest BCUT2D eigenvalue weighted by Gasteiger charge is 2.30. The molecule has 1 N–H and O–H groups in total. The number of carbonyl (C=O) groups is 1. The first-order valence-electron chi connectivity index (χ1n) is 7.06. The van der Waals surface area contributed by atoms with Crippen LogP contribution in [0, 0.1) is 6.92 Å². The molecule has 0 saturated heterocycles. The Balaban J connectivity index is 0.000000228. The molecule has 3 heterocycles. The fraction of sp³-hybridized carbons (Fsp3) is 0.286. The Morgan fingerprint density at radius 2 is 2.12 bits per heavy atom. The van der Waals surface area contributed by atoms with Crippen molar-refractivity contribution in [3.63, 3.8) is 0 Å². The van der Waals surface area contributed by atoms with Crippen LogP contribution in [0.25, 0.3) is 4.96 Å². The molecule has 140 valence electrons. The van der Waals surface area contributed by atoms with E-state index in [-0.39, 0.29) is 22.0 Å². The summed E-state index contributed by atoms with van der Waals surface area (Å²) in [6, 6.07) is 2.56. The fourth-order valence-electron chi connectivity index (χ4n) is 1.99. The van der Waals surface area contributed by atoms with Gasteiger partial charge in [0.25, 0.3) is 11.5 Å². The Hall–Kier alpha value is -2.40. The highest BCUT2D eigenvalue weighted by Crippen LogP contribution is 2.20. The van der Waals surface area contributed by atoms with E-state index >= 15 is 0 Å². The van der Waals surface area contributed by atoms with Crippen molar-refractivity contribution in [3.05, 3.63) is 51.1 Å². The van der Waals surface area contributed by atoms with Gasteiger partial charge in [-0.05, 0) is 13.0 Å². The molecule has 0 aliphatic carbocycles. The van der Waals surface area contributed by atoms with Gasteiger partial charge in [0, 0.05) is 30.4 Å². The van der Waals surface area contributed by atoms with Crippen LogP contribution in [0.15, 0.2) is 29.3 Å². The Labute approximate surface area is 154 Å². The van der Waals surface area contributed by atoms with Gasteiger partial charge >= 0.3 is 6.30 Å². The molecule has 0 aliphatic rings. The number of hydrogen-bond acceptors (Lipinski definition) is 5. The second kappa shape index (κ2) is 7.87. The Morgan fingerprint density at radius 3 is 2.58 bits per heavy atom. The number of thiazole rings is 1. The SMILES string of the molecule is CNC(=O)c1c(C)sc2nc(CCl)cc(=O)n12.FC(F)(F)n1cccn1. The van der Waals surface area contributed by atoms with Crippen LogP contribution in [0.3, 0.4) is 0 Å². The van der Waals surface area contributed by atoms with Crippen LogP contribution < -0.4 is 10.9 Å². The van der Waals surface area contributed by atoms with E-state index in [1.165, 1.54) is 34.9 Å². The first-order valence-corrected chi connectivity index (χ1v) is 8.41. The van der Waals surface area contributed by atoms with Gasteiger partial charge in [0.2, 0.25) is 0 Å². The summed E-state index contributed by atoms with van der Waals surface area (Å²) in [4.78, 5) is 29.1. The van der Waals surface area contributed by atoms with Gasteiger partial charge < -0.3 is 5.32 Å². The largest absolute Gasteiger partial charge is 0.504 e. The molecule has 0 bridgehead atoms. The van der Waals surface area contributed by atoms with Crippen molar-refractivity contribution >= 4 is 33.8 Å². The molecular formula is C14H13ClF3N5O2S. The van der Waals surface area contributed by atoms with Gasteiger partial charge in [-0.1, -0.05) is 0 Å². The lowest BCUT2D eigenvalue weighted by molar-refractivity contribution is -0.212. The van der Waals surface area contributed by atoms with Crippen molar-refractivity contribution in [2.75, 3.05) is 7.05 Å². The van der Waals surface area contributed by atoms with Crippen LogP contribution in [0.4, 0.5) is 13.2 Å². The van der Waals surface area contributed by atoms with Crippen LogP contribution in [-0.2, 0) is 12.2 Å². The molecule has 0 aromatic carbocycles. The zero-order valence-electron chi connectivity index (χ0n) is 13.5. The first kappa shape index (κ1) is 19.9. The molecule has 0 atom stereocenters. The number of fused-ring (bicyclic) bond motifs is 1. The van der Waals surface area contributed by atoms with Gasteiger partial charge in [0.15, 0.2) is 4.96 Å². The Kier molecular flexibility index (Phi) is 6.03. The van der Waals surface area contributed by atoms with E-state index in [0.717, 1.165) is 17.3 Å². The number of amides is 1. The summed E-state index contributed by atoms with van der Waals surface area (Å²) < 4.78 is 35.8. The van der Waals surface area contributed by atoms with Gasteiger partial charge in [0.1, 0.15) is 5.69 Å². The highest BCUT2D eigenvalue weighted by atomic mass is 35.5. The number of rotatable bonds is 2. The lowest BCUT2D eigenvalue weighted by atomic mass is 10.3. The monoisotopic (exact) mass is 407 g/mol. The summed E-state index contributed by atoms with van der Waals surface area (Å²) in [7, 11) is 1.52. The van der Waals surface area contributed by atoms with Crippen LogP contribution in [0.5, 0.6) is 0 Å². The van der Waals surface area contributed by atoms with Crippen LogP contribution in [0.1, 0.15) is 21.1 Å². The molecule has 1 amide bonds. The van der Waals surface area contributed by atoms with E-state index in [9.17, 15) is 22.8 Å². The Bertz CT molecular complexity index is 966. The first-order chi connectivity index (χ1) is 12.2. The van der Waals surface area contributed by atoms with Crippen LogP contribution in [0.2, 0.25) is 0 Å². The van der Waals surface area contributed by atoms with E-state index in [1.54, 1.807) is 6.92 Å². The lowest BCUT2D eigenvalue weighted by Crippen LogP contribution is -2.25. The minimum absolute atomic E-state index is 0.0625. The number of hydrogen-bond donors (Lipinski definition) is 1.